The van der Waals surface area contributed by atoms with Gasteiger partial charge < -0.3 is 4.43 Å². The Morgan fingerprint density at radius 1 is 0.967 bits per heavy atom. The SMILES string of the molecule is CN(C)S(=O)(=O)n1cnc(C(O[SiH](c2ccccc2)c2ccccc2)C(C)(C)C)c1. The molecule has 3 aromatic rings. The van der Waals surface area contributed by atoms with Gasteiger partial charge in [-0.05, 0) is 15.8 Å². The molecule has 0 aliphatic carbocycles. The highest BCUT2D eigenvalue weighted by Crippen LogP contribution is 2.35. The summed E-state index contributed by atoms with van der Waals surface area (Å²) in [4.78, 5) is 4.43. The topological polar surface area (TPSA) is 64.4 Å². The van der Waals surface area contributed by atoms with E-state index < -0.39 is 19.2 Å². The first-order valence-corrected chi connectivity index (χ1v) is 12.9. The van der Waals surface area contributed by atoms with Crippen molar-refractivity contribution in [2.45, 2.75) is 26.9 Å². The molecule has 30 heavy (non-hydrogen) atoms. The van der Waals surface area contributed by atoms with Gasteiger partial charge in [0, 0.05) is 20.3 Å². The van der Waals surface area contributed by atoms with Crippen LogP contribution in [0.5, 0.6) is 0 Å². The predicted molar refractivity (Wildman–Crippen MR) is 123 cm³/mol. The molecule has 6 nitrogen and oxygen atoms in total. The van der Waals surface area contributed by atoms with E-state index in [9.17, 15) is 8.42 Å². The molecule has 0 bridgehead atoms. The Bertz CT molecular complexity index is 1020. The monoisotopic (exact) mass is 443 g/mol. The Labute approximate surface area is 181 Å². The molecule has 3 rings (SSSR count). The summed E-state index contributed by atoms with van der Waals surface area (Å²) in [6.07, 6.45) is 2.54. The highest BCUT2D eigenvalue weighted by atomic mass is 32.2. The third-order valence-corrected chi connectivity index (χ3v) is 9.02. The lowest BCUT2D eigenvalue weighted by Crippen LogP contribution is -2.47. The van der Waals surface area contributed by atoms with E-state index in [1.54, 1.807) is 6.20 Å². The number of benzene rings is 2. The molecule has 0 N–H and O–H groups in total. The van der Waals surface area contributed by atoms with Crippen molar-refractivity contribution in [3.63, 3.8) is 0 Å². The third kappa shape index (κ3) is 4.89. The first-order valence-electron chi connectivity index (χ1n) is 9.83. The smallest absolute Gasteiger partial charge is 0.308 e. The average molecular weight is 444 g/mol. The van der Waals surface area contributed by atoms with Crippen molar-refractivity contribution >= 4 is 29.6 Å². The summed E-state index contributed by atoms with van der Waals surface area (Å²) < 4.78 is 34.1. The molecule has 8 heteroatoms. The van der Waals surface area contributed by atoms with Crippen molar-refractivity contribution in [2.75, 3.05) is 14.1 Å². The fraction of sp³-hybridized carbons (Fsp3) is 0.318. The number of hydrogen-bond donors (Lipinski definition) is 0. The number of nitrogens with zero attached hydrogens (tertiary/aromatic N) is 3. The lowest BCUT2D eigenvalue weighted by molar-refractivity contribution is 0.0861. The minimum absolute atomic E-state index is 0.282. The highest BCUT2D eigenvalue weighted by molar-refractivity contribution is 7.87. The van der Waals surface area contributed by atoms with Crippen LogP contribution in [0.2, 0.25) is 0 Å². The molecule has 1 atom stereocenters. The van der Waals surface area contributed by atoms with Crippen LogP contribution in [0.1, 0.15) is 32.6 Å². The van der Waals surface area contributed by atoms with Gasteiger partial charge in [0.1, 0.15) is 6.33 Å². The van der Waals surface area contributed by atoms with Crippen LogP contribution in [0, 0.1) is 5.41 Å². The number of imidazole rings is 1. The van der Waals surface area contributed by atoms with E-state index in [0.29, 0.717) is 5.69 Å². The fourth-order valence-corrected chi connectivity index (χ4v) is 6.68. The van der Waals surface area contributed by atoms with Gasteiger partial charge in [-0.3, -0.25) is 0 Å². The van der Waals surface area contributed by atoms with Crippen molar-refractivity contribution in [3.8, 4) is 0 Å². The predicted octanol–water partition coefficient (Wildman–Crippen LogP) is 2.18. The van der Waals surface area contributed by atoms with E-state index in [0.717, 1.165) is 8.28 Å². The number of rotatable bonds is 7. The molecule has 0 radical (unpaired) electrons. The van der Waals surface area contributed by atoms with Gasteiger partial charge in [0.25, 0.3) is 0 Å². The summed E-state index contributed by atoms with van der Waals surface area (Å²) in [6.45, 7) is 6.25. The third-order valence-electron chi connectivity index (χ3n) is 4.84. The van der Waals surface area contributed by atoms with Crippen LogP contribution in [-0.4, -0.2) is 44.8 Å². The van der Waals surface area contributed by atoms with E-state index >= 15 is 0 Å². The van der Waals surface area contributed by atoms with Crippen molar-refractivity contribution < 1.29 is 12.8 Å². The van der Waals surface area contributed by atoms with Crippen molar-refractivity contribution in [3.05, 3.63) is 78.9 Å². The zero-order valence-corrected chi connectivity index (χ0v) is 20.0. The first-order chi connectivity index (χ1) is 14.1. The Balaban J connectivity index is 2.03. The van der Waals surface area contributed by atoms with Gasteiger partial charge in [-0.15, -0.1) is 0 Å². The Morgan fingerprint density at radius 3 is 1.90 bits per heavy atom. The quantitative estimate of drug-likeness (QED) is 0.525. The van der Waals surface area contributed by atoms with Gasteiger partial charge in [-0.25, -0.2) is 8.96 Å². The van der Waals surface area contributed by atoms with E-state index in [4.69, 9.17) is 4.43 Å². The minimum Gasteiger partial charge on any atom is -0.402 e. The fourth-order valence-electron chi connectivity index (χ4n) is 3.23. The molecule has 2 aromatic carbocycles. The van der Waals surface area contributed by atoms with Crippen LogP contribution in [0.4, 0.5) is 0 Å². The van der Waals surface area contributed by atoms with Gasteiger partial charge in [-0.1, -0.05) is 81.4 Å². The first kappa shape index (κ1) is 22.4. The summed E-state index contributed by atoms with van der Waals surface area (Å²) in [6, 6.07) is 20.5. The van der Waals surface area contributed by atoms with Crippen LogP contribution < -0.4 is 10.4 Å². The zero-order valence-electron chi connectivity index (χ0n) is 18.1. The second-order valence-electron chi connectivity index (χ2n) is 8.50. The second kappa shape index (κ2) is 8.85. The van der Waals surface area contributed by atoms with Crippen molar-refractivity contribution in [2.24, 2.45) is 5.41 Å². The molecule has 1 unspecified atom stereocenters. The number of aromatic nitrogens is 2. The summed E-state index contributed by atoms with van der Waals surface area (Å²) in [5.41, 5.74) is 0.327. The molecule has 0 aliphatic rings. The van der Waals surface area contributed by atoms with E-state index in [-0.39, 0.29) is 11.5 Å². The molecule has 1 aromatic heterocycles. The molecular formula is C22H29N3O3SSi. The van der Waals surface area contributed by atoms with Crippen molar-refractivity contribution in [1.82, 2.24) is 13.3 Å². The van der Waals surface area contributed by atoms with Gasteiger partial charge in [0.05, 0.1) is 11.8 Å². The lowest BCUT2D eigenvalue weighted by Gasteiger charge is -2.33. The van der Waals surface area contributed by atoms with Gasteiger partial charge in [0.2, 0.25) is 9.04 Å². The van der Waals surface area contributed by atoms with E-state index in [1.165, 1.54) is 30.8 Å². The molecule has 0 fully saturated rings. The Hall–Kier alpha value is -2.26. The second-order valence-corrected chi connectivity index (χ2v) is 12.9. The van der Waals surface area contributed by atoms with Crippen LogP contribution in [0.15, 0.2) is 73.2 Å². The maximum atomic E-state index is 12.5. The van der Waals surface area contributed by atoms with Gasteiger partial charge >= 0.3 is 10.2 Å². The molecule has 1 heterocycles. The lowest BCUT2D eigenvalue weighted by atomic mass is 9.87. The highest BCUT2D eigenvalue weighted by Gasteiger charge is 2.34. The van der Waals surface area contributed by atoms with Gasteiger partial charge in [0.15, 0.2) is 0 Å². The van der Waals surface area contributed by atoms with Crippen LogP contribution in [0.25, 0.3) is 0 Å². The van der Waals surface area contributed by atoms with Crippen LogP contribution in [-0.2, 0) is 14.6 Å². The summed E-state index contributed by atoms with van der Waals surface area (Å²) >= 11 is 0. The Morgan fingerprint density at radius 2 is 1.47 bits per heavy atom. The maximum absolute atomic E-state index is 12.5. The zero-order chi connectivity index (χ0) is 21.9. The normalized spacial score (nSPS) is 13.7. The minimum atomic E-state index is -3.62. The molecule has 160 valence electrons. The molecule has 0 spiro atoms. The molecule has 0 amide bonds. The molecule has 0 saturated carbocycles. The molecule has 0 aliphatic heterocycles. The van der Waals surface area contributed by atoms with Crippen molar-refractivity contribution in [1.29, 1.82) is 0 Å². The number of hydrogen-bond acceptors (Lipinski definition) is 4. The molecule has 0 saturated heterocycles. The standard InChI is InChI=1S/C22H29N3O3SSi/c1-22(2,3)21(20-16-25(17-23-20)29(26,27)24(4)5)28-30(18-12-8-6-9-13-18)19-14-10-7-11-15-19/h6-17,21,30H,1-5H3. The maximum Gasteiger partial charge on any atom is 0.308 e. The largest absolute Gasteiger partial charge is 0.402 e. The van der Waals surface area contributed by atoms with Crippen LogP contribution in [0.3, 0.4) is 0 Å². The molecular weight excluding hydrogens is 414 g/mol. The average Bonchev–Trinajstić information content (AvgIpc) is 3.19. The summed E-state index contributed by atoms with van der Waals surface area (Å²) in [7, 11) is -2.66. The summed E-state index contributed by atoms with van der Waals surface area (Å²) in [5, 5.41) is 2.33. The van der Waals surface area contributed by atoms with Crippen LogP contribution >= 0.6 is 0 Å². The van der Waals surface area contributed by atoms with Gasteiger partial charge in [-0.2, -0.15) is 12.7 Å². The summed E-state index contributed by atoms with van der Waals surface area (Å²) in [5.74, 6) is 0. The van der Waals surface area contributed by atoms with E-state index in [1.807, 2.05) is 36.4 Å². The Kier molecular flexibility index (Phi) is 6.61. The van der Waals surface area contributed by atoms with E-state index in [2.05, 4.69) is 50.0 Å².